The molecule has 0 aliphatic rings. The molecule has 1 rings (SSSR count). The van der Waals surface area contributed by atoms with Gasteiger partial charge in [-0.2, -0.15) is 0 Å². The van der Waals surface area contributed by atoms with E-state index >= 15 is 0 Å². The Balaban J connectivity index is 2.04. The highest BCUT2D eigenvalue weighted by atomic mass is 15.2. The molecule has 0 aliphatic heterocycles. The van der Waals surface area contributed by atoms with E-state index in [1.165, 1.54) is 0 Å². The minimum absolute atomic E-state index is 0.850. The van der Waals surface area contributed by atoms with Gasteiger partial charge in [-0.15, -0.1) is 0 Å². The lowest BCUT2D eigenvalue weighted by Crippen LogP contribution is -2.33. The molecule has 0 amide bonds. The lowest BCUT2D eigenvalue weighted by atomic mass is 10.3. The number of likely N-dealkylation sites (N-methyl/N-ethyl adjacent to an activating group) is 2. The highest BCUT2D eigenvalue weighted by molar-refractivity contribution is 5.02. The van der Waals surface area contributed by atoms with Crippen LogP contribution >= 0.6 is 0 Å². The first kappa shape index (κ1) is 14.1. The molecule has 0 saturated heterocycles. The molecule has 0 atom stereocenters. The summed E-state index contributed by atoms with van der Waals surface area (Å²) in [5, 5.41) is 3.40. The van der Waals surface area contributed by atoms with Crippen LogP contribution in [-0.2, 0) is 6.54 Å². The van der Waals surface area contributed by atoms with Crippen LogP contribution in [0.3, 0.4) is 0 Å². The van der Waals surface area contributed by atoms with Crippen molar-refractivity contribution in [2.45, 2.75) is 6.54 Å². The molecule has 0 saturated carbocycles. The standard InChI is InChI=1S/C13H24N4/c1-16(2)10-11-17(3)9-8-14-12-13-6-4-5-7-15-13/h4-7,14H,8-12H2,1-3H3. The summed E-state index contributed by atoms with van der Waals surface area (Å²) in [5.74, 6) is 0. The van der Waals surface area contributed by atoms with Crippen molar-refractivity contribution in [2.75, 3.05) is 47.3 Å². The second-order valence-electron chi connectivity index (χ2n) is 4.60. The number of nitrogens with zero attached hydrogens (tertiary/aromatic N) is 3. The normalized spacial score (nSPS) is 11.4. The van der Waals surface area contributed by atoms with Crippen molar-refractivity contribution in [1.82, 2.24) is 20.1 Å². The Labute approximate surface area is 105 Å². The molecule has 0 aliphatic carbocycles. The lowest BCUT2D eigenvalue weighted by Gasteiger charge is -2.19. The second-order valence-corrected chi connectivity index (χ2v) is 4.60. The molecule has 0 fully saturated rings. The summed E-state index contributed by atoms with van der Waals surface area (Å²) in [6, 6.07) is 6.01. The second kappa shape index (κ2) is 8.17. The Hall–Kier alpha value is -0.970. The van der Waals surface area contributed by atoms with Crippen LogP contribution in [0.15, 0.2) is 24.4 Å². The molecule has 4 nitrogen and oxygen atoms in total. The van der Waals surface area contributed by atoms with Crippen LogP contribution in [0.1, 0.15) is 5.69 Å². The van der Waals surface area contributed by atoms with Gasteiger partial charge in [-0.05, 0) is 33.3 Å². The van der Waals surface area contributed by atoms with Gasteiger partial charge in [0, 0.05) is 38.9 Å². The third-order valence-electron chi connectivity index (χ3n) is 2.63. The molecule has 0 aromatic carbocycles. The Morgan fingerprint density at radius 2 is 1.94 bits per heavy atom. The first-order valence-electron chi connectivity index (χ1n) is 6.12. The molecule has 4 heteroatoms. The van der Waals surface area contributed by atoms with Gasteiger partial charge in [0.25, 0.3) is 0 Å². The van der Waals surface area contributed by atoms with E-state index in [2.05, 4.69) is 41.2 Å². The van der Waals surface area contributed by atoms with Crippen LogP contribution in [0.2, 0.25) is 0 Å². The smallest absolute Gasteiger partial charge is 0.0541 e. The Morgan fingerprint density at radius 1 is 1.12 bits per heavy atom. The maximum absolute atomic E-state index is 4.27. The van der Waals surface area contributed by atoms with E-state index in [1.54, 1.807) is 0 Å². The first-order chi connectivity index (χ1) is 8.18. The number of hydrogen-bond donors (Lipinski definition) is 1. The molecule has 0 unspecified atom stereocenters. The zero-order chi connectivity index (χ0) is 12.5. The molecule has 1 aromatic rings. The van der Waals surface area contributed by atoms with Gasteiger partial charge in [-0.3, -0.25) is 4.98 Å². The molecular weight excluding hydrogens is 212 g/mol. The van der Waals surface area contributed by atoms with Crippen LogP contribution < -0.4 is 5.32 Å². The summed E-state index contributed by atoms with van der Waals surface area (Å²) in [7, 11) is 6.37. The minimum atomic E-state index is 0.850. The number of nitrogens with one attached hydrogen (secondary N) is 1. The van der Waals surface area contributed by atoms with E-state index < -0.39 is 0 Å². The van der Waals surface area contributed by atoms with Crippen LogP contribution in [0.4, 0.5) is 0 Å². The molecular formula is C13H24N4. The van der Waals surface area contributed by atoms with E-state index in [1.807, 2.05) is 24.4 Å². The van der Waals surface area contributed by atoms with Crippen molar-refractivity contribution in [2.24, 2.45) is 0 Å². The van der Waals surface area contributed by atoms with Crippen molar-refractivity contribution < 1.29 is 0 Å². The van der Waals surface area contributed by atoms with E-state index in [0.29, 0.717) is 0 Å². The third kappa shape index (κ3) is 7.05. The van der Waals surface area contributed by atoms with Gasteiger partial charge in [0.15, 0.2) is 0 Å². The minimum Gasteiger partial charge on any atom is -0.310 e. The topological polar surface area (TPSA) is 31.4 Å². The fraction of sp³-hybridized carbons (Fsp3) is 0.615. The molecule has 1 heterocycles. The zero-order valence-electron chi connectivity index (χ0n) is 11.2. The van der Waals surface area contributed by atoms with Crippen molar-refractivity contribution in [3.8, 4) is 0 Å². The summed E-state index contributed by atoms with van der Waals surface area (Å²) in [4.78, 5) is 8.82. The van der Waals surface area contributed by atoms with E-state index in [4.69, 9.17) is 0 Å². The van der Waals surface area contributed by atoms with Gasteiger partial charge in [0.1, 0.15) is 0 Å². The Morgan fingerprint density at radius 3 is 2.59 bits per heavy atom. The molecule has 1 N–H and O–H groups in total. The summed E-state index contributed by atoms with van der Waals surface area (Å²) in [6.07, 6.45) is 1.83. The van der Waals surface area contributed by atoms with Crippen molar-refractivity contribution >= 4 is 0 Å². The maximum atomic E-state index is 4.27. The number of hydrogen-bond acceptors (Lipinski definition) is 4. The zero-order valence-corrected chi connectivity index (χ0v) is 11.2. The summed E-state index contributed by atoms with van der Waals surface area (Å²) >= 11 is 0. The van der Waals surface area contributed by atoms with Crippen LogP contribution in [0, 0.1) is 0 Å². The lowest BCUT2D eigenvalue weighted by molar-refractivity contribution is 0.281. The van der Waals surface area contributed by atoms with Crippen LogP contribution in [0.5, 0.6) is 0 Å². The van der Waals surface area contributed by atoms with Crippen molar-refractivity contribution in [3.63, 3.8) is 0 Å². The van der Waals surface area contributed by atoms with E-state index in [9.17, 15) is 0 Å². The fourth-order valence-electron chi connectivity index (χ4n) is 1.47. The largest absolute Gasteiger partial charge is 0.310 e. The van der Waals surface area contributed by atoms with Crippen molar-refractivity contribution in [1.29, 1.82) is 0 Å². The summed E-state index contributed by atoms with van der Waals surface area (Å²) in [6.45, 7) is 5.14. The highest BCUT2D eigenvalue weighted by Crippen LogP contribution is 1.91. The van der Waals surface area contributed by atoms with Gasteiger partial charge in [-0.1, -0.05) is 6.07 Å². The Bertz CT molecular complexity index is 287. The van der Waals surface area contributed by atoms with Crippen LogP contribution in [0.25, 0.3) is 0 Å². The number of pyridine rings is 1. The number of rotatable bonds is 8. The monoisotopic (exact) mass is 236 g/mol. The van der Waals surface area contributed by atoms with Gasteiger partial charge < -0.3 is 15.1 Å². The molecule has 0 spiro atoms. The van der Waals surface area contributed by atoms with Gasteiger partial charge in [0.2, 0.25) is 0 Å². The molecule has 0 radical (unpaired) electrons. The fourth-order valence-corrected chi connectivity index (χ4v) is 1.47. The maximum Gasteiger partial charge on any atom is 0.0541 e. The first-order valence-corrected chi connectivity index (χ1v) is 6.12. The third-order valence-corrected chi connectivity index (χ3v) is 2.63. The molecule has 0 bridgehead atoms. The van der Waals surface area contributed by atoms with Gasteiger partial charge >= 0.3 is 0 Å². The van der Waals surface area contributed by atoms with Gasteiger partial charge in [-0.25, -0.2) is 0 Å². The number of aromatic nitrogens is 1. The summed E-state index contributed by atoms with van der Waals surface area (Å²) in [5.41, 5.74) is 1.10. The SMILES string of the molecule is CN(C)CCN(C)CCNCc1ccccn1. The predicted octanol–water partition coefficient (Wildman–Crippen LogP) is 0.665. The average Bonchev–Trinajstić information content (AvgIpc) is 2.33. The van der Waals surface area contributed by atoms with E-state index in [0.717, 1.165) is 38.4 Å². The quantitative estimate of drug-likeness (QED) is 0.672. The van der Waals surface area contributed by atoms with Crippen molar-refractivity contribution in [3.05, 3.63) is 30.1 Å². The molecule has 1 aromatic heterocycles. The molecule has 96 valence electrons. The Kier molecular flexibility index (Phi) is 6.77. The van der Waals surface area contributed by atoms with Crippen LogP contribution in [-0.4, -0.2) is 62.1 Å². The highest BCUT2D eigenvalue weighted by Gasteiger charge is 1.99. The summed E-state index contributed by atoms with van der Waals surface area (Å²) < 4.78 is 0. The molecule has 17 heavy (non-hydrogen) atoms. The predicted molar refractivity (Wildman–Crippen MR) is 72.0 cm³/mol. The van der Waals surface area contributed by atoms with E-state index in [-0.39, 0.29) is 0 Å². The average molecular weight is 236 g/mol. The van der Waals surface area contributed by atoms with Gasteiger partial charge in [0.05, 0.1) is 5.69 Å².